The van der Waals surface area contributed by atoms with Gasteiger partial charge in [0.25, 0.3) is 0 Å². The van der Waals surface area contributed by atoms with Crippen LogP contribution in [0.5, 0.6) is 0 Å². The van der Waals surface area contributed by atoms with Crippen molar-refractivity contribution in [3.63, 3.8) is 0 Å². The Bertz CT molecular complexity index is 432. The van der Waals surface area contributed by atoms with E-state index in [1.54, 1.807) is 0 Å². The first-order chi connectivity index (χ1) is 9.39. The average Bonchev–Trinajstić information content (AvgIpc) is 2.98. The maximum absolute atomic E-state index is 12.1. The molecule has 0 aliphatic heterocycles. The molecule has 0 radical (unpaired) electrons. The van der Waals surface area contributed by atoms with E-state index in [1.165, 1.54) is 38.4 Å². The van der Waals surface area contributed by atoms with E-state index in [0.717, 1.165) is 25.7 Å². The lowest BCUT2D eigenvalue weighted by atomic mass is 9.96. The first kappa shape index (κ1) is 15.8. The number of hydrogen-bond acceptors (Lipinski definition) is 3. The number of nitrogens with one attached hydrogen (secondary N) is 1. The molecule has 0 heterocycles. The summed E-state index contributed by atoms with van der Waals surface area (Å²) in [5, 5.41) is 3.13. The smallest absolute Gasteiger partial charge is 0.220 e. The van der Waals surface area contributed by atoms with Crippen LogP contribution in [0.25, 0.3) is 0 Å². The van der Waals surface area contributed by atoms with Crippen molar-refractivity contribution in [2.75, 3.05) is 12.0 Å². The summed E-state index contributed by atoms with van der Waals surface area (Å²) in [4.78, 5) is 12.1. The third-order valence-electron chi connectivity index (χ3n) is 4.53. The molecule has 2 saturated carbocycles. The van der Waals surface area contributed by atoms with Crippen LogP contribution >= 0.6 is 0 Å². The summed E-state index contributed by atoms with van der Waals surface area (Å²) in [5.74, 6) is 0.217. The largest absolute Gasteiger partial charge is 0.353 e. The van der Waals surface area contributed by atoms with Gasteiger partial charge >= 0.3 is 0 Å². The van der Waals surface area contributed by atoms with E-state index >= 15 is 0 Å². The monoisotopic (exact) mass is 301 g/mol. The van der Waals surface area contributed by atoms with Crippen molar-refractivity contribution in [1.29, 1.82) is 0 Å². The highest BCUT2D eigenvalue weighted by Gasteiger charge is 2.46. The maximum Gasteiger partial charge on any atom is 0.220 e. The van der Waals surface area contributed by atoms with Gasteiger partial charge in [-0.3, -0.25) is 4.79 Å². The Balaban J connectivity index is 1.79. The Hall–Kier alpha value is -0.580. The third-order valence-corrected chi connectivity index (χ3v) is 5.67. The molecule has 5 heteroatoms. The third kappa shape index (κ3) is 5.43. The topological polar surface area (TPSA) is 63.2 Å². The van der Waals surface area contributed by atoms with Crippen molar-refractivity contribution in [2.45, 2.75) is 70.3 Å². The summed E-state index contributed by atoms with van der Waals surface area (Å²) in [6.45, 7) is 0. The summed E-state index contributed by atoms with van der Waals surface area (Å²) < 4.78 is 22.8. The molecule has 20 heavy (non-hydrogen) atoms. The van der Waals surface area contributed by atoms with E-state index in [4.69, 9.17) is 0 Å². The molecule has 1 N–H and O–H groups in total. The minimum Gasteiger partial charge on any atom is -0.353 e. The Kier molecular flexibility index (Phi) is 5.10. The predicted octanol–water partition coefficient (Wildman–Crippen LogP) is 2.43. The number of carbonyl (C=O) groups excluding carboxylic acids is 1. The van der Waals surface area contributed by atoms with Crippen LogP contribution in [0.15, 0.2) is 0 Å². The molecule has 0 spiro atoms. The van der Waals surface area contributed by atoms with Gasteiger partial charge < -0.3 is 5.32 Å². The zero-order chi connectivity index (χ0) is 14.6. The first-order valence-corrected chi connectivity index (χ1v) is 9.92. The molecule has 0 aromatic heterocycles. The molecule has 0 unspecified atom stereocenters. The van der Waals surface area contributed by atoms with Crippen LogP contribution in [0.1, 0.15) is 64.2 Å². The zero-order valence-corrected chi connectivity index (χ0v) is 13.3. The molecule has 2 fully saturated rings. The number of hydrogen-bond donors (Lipinski definition) is 1. The summed E-state index contributed by atoms with van der Waals surface area (Å²) in [6.07, 6.45) is 11.8. The van der Waals surface area contributed by atoms with Crippen LogP contribution in [0.3, 0.4) is 0 Å². The molecule has 0 atom stereocenters. The van der Waals surface area contributed by atoms with Gasteiger partial charge in [0.15, 0.2) is 0 Å². The second-order valence-electron chi connectivity index (χ2n) is 6.86. The molecule has 0 saturated heterocycles. The second kappa shape index (κ2) is 6.46. The molecule has 0 aromatic rings. The first-order valence-electron chi connectivity index (χ1n) is 7.86. The minimum atomic E-state index is -2.99. The molecule has 4 nitrogen and oxygen atoms in total. The lowest BCUT2D eigenvalue weighted by molar-refractivity contribution is -0.123. The fourth-order valence-electron chi connectivity index (χ4n) is 3.32. The fraction of sp³-hybridized carbons (Fsp3) is 0.933. The summed E-state index contributed by atoms with van der Waals surface area (Å²) in [6, 6.07) is 0.303. The van der Waals surface area contributed by atoms with E-state index in [-0.39, 0.29) is 17.1 Å². The maximum atomic E-state index is 12.1. The van der Waals surface area contributed by atoms with Crippen LogP contribution in [0.2, 0.25) is 0 Å². The summed E-state index contributed by atoms with van der Waals surface area (Å²) in [5.41, 5.74) is -0.251. The molecule has 0 bridgehead atoms. The van der Waals surface area contributed by atoms with Crippen LogP contribution in [0, 0.1) is 5.41 Å². The van der Waals surface area contributed by atoms with Crippen molar-refractivity contribution in [2.24, 2.45) is 5.41 Å². The Morgan fingerprint density at radius 3 is 2.15 bits per heavy atom. The highest BCUT2D eigenvalue weighted by Crippen LogP contribution is 2.49. The molecular weight excluding hydrogens is 274 g/mol. The van der Waals surface area contributed by atoms with E-state index in [9.17, 15) is 13.2 Å². The van der Waals surface area contributed by atoms with Gasteiger partial charge in [-0.25, -0.2) is 8.42 Å². The van der Waals surface area contributed by atoms with Crippen LogP contribution in [-0.4, -0.2) is 32.4 Å². The normalized spacial score (nSPS) is 23.6. The highest BCUT2D eigenvalue weighted by atomic mass is 32.2. The van der Waals surface area contributed by atoms with Crippen molar-refractivity contribution < 1.29 is 13.2 Å². The van der Waals surface area contributed by atoms with Gasteiger partial charge in [0.1, 0.15) is 9.84 Å². The van der Waals surface area contributed by atoms with E-state index in [1.807, 2.05) is 0 Å². The van der Waals surface area contributed by atoms with Crippen LogP contribution in [-0.2, 0) is 14.6 Å². The van der Waals surface area contributed by atoms with Gasteiger partial charge in [-0.1, -0.05) is 32.1 Å². The predicted molar refractivity (Wildman–Crippen MR) is 80.2 cm³/mol. The van der Waals surface area contributed by atoms with Crippen molar-refractivity contribution in [1.82, 2.24) is 5.32 Å². The number of rotatable bonds is 5. The van der Waals surface area contributed by atoms with E-state index in [0.29, 0.717) is 12.5 Å². The molecule has 2 aliphatic rings. The van der Waals surface area contributed by atoms with Gasteiger partial charge in [0.2, 0.25) is 5.91 Å². The fourth-order valence-corrected chi connectivity index (χ4v) is 4.83. The van der Waals surface area contributed by atoms with Gasteiger partial charge in [-0.15, -0.1) is 0 Å². The van der Waals surface area contributed by atoms with Gasteiger partial charge in [-0.05, 0) is 31.1 Å². The van der Waals surface area contributed by atoms with E-state index < -0.39 is 9.84 Å². The lowest BCUT2D eigenvalue weighted by Crippen LogP contribution is -2.37. The van der Waals surface area contributed by atoms with Crippen LogP contribution < -0.4 is 5.32 Å². The standard InChI is InChI=1S/C15H27NO3S/c1-20(18,19)12-15(9-10-15)11-14(17)16-13-7-5-3-2-4-6-8-13/h13H,2-12H2,1H3,(H,16,17). The molecular formula is C15H27NO3S. The van der Waals surface area contributed by atoms with Gasteiger partial charge in [0, 0.05) is 18.7 Å². The van der Waals surface area contributed by atoms with Crippen molar-refractivity contribution in [3.05, 3.63) is 0 Å². The van der Waals surface area contributed by atoms with E-state index in [2.05, 4.69) is 5.32 Å². The number of amides is 1. The number of sulfone groups is 1. The number of carbonyl (C=O) groups is 1. The quantitative estimate of drug-likeness (QED) is 0.848. The Labute approximate surface area is 122 Å². The highest BCUT2D eigenvalue weighted by molar-refractivity contribution is 7.90. The molecule has 2 rings (SSSR count). The minimum absolute atomic E-state index is 0.0525. The molecule has 2 aliphatic carbocycles. The lowest BCUT2D eigenvalue weighted by Gasteiger charge is -2.22. The summed E-state index contributed by atoms with van der Waals surface area (Å²) in [7, 11) is -2.99. The Morgan fingerprint density at radius 1 is 1.10 bits per heavy atom. The van der Waals surface area contributed by atoms with Crippen LogP contribution in [0.4, 0.5) is 0 Å². The van der Waals surface area contributed by atoms with Crippen molar-refractivity contribution >= 4 is 15.7 Å². The molecule has 1 amide bonds. The van der Waals surface area contributed by atoms with Gasteiger partial charge in [0.05, 0.1) is 5.75 Å². The molecule has 116 valence electrons. The SMILES string of the molecule is CS(=O)(=O)CC1(CC(=O)NC2CCCCCCC2)CC1. The summed E-state index contributed by atoms with van der Waals surface area (Å²) >= 11 is 0. The molecule has 0 aromatic carbocycles. The zero-order valence-electron chi connectivity index (χ0n) is 12.5. The average molecular weight is 301 g/mol. The Morgan fingerprint density at radius 2 is 1.65 bits per heavy atom. The van der Waals surface area contributed by atoms with Crippen molar-refractivity contribution in [3.8, 4) is 0 Å². The van der Waals surface area contributed by atoms with Gasteiger partial charge in [-0.2, -0.15) is 0 Å². The second-order valence-corrected chi connectivity index (χ2v) is 9.00.